The number of cyclic esters (lactones) is 1. The highest BCUT2D eigenvalue weighted by atomic mass is 16.6. The summed E-state index contributed by atoms with van der Waals surface area (Å²) in [7, 11) is 4.78. The molecule has 15 atom stereocenters. The van der Waals surface area contributed by atoms with Crippen LogP contribution in [0.3, 0.4) is 0 Å². The first-order valence-electron chi connectivity index (χ1n) is 31.1. The quantitative estimate of drug-likeness (QED) is 0.127. The van der Waals surface area contributed by atoms with E-state index in [1.807, 2.05) is 58.1 Å². The highest BCUT2D eigenvalue weighted by Crippen LogP contribution is 2.58. The normalized spacial score (nSPS) is 41.6. The number of hydrogen-bond acceptors (Lipinski definition) is 14. The molecule has 7 fully saturated rings. The van der Waals surface area contributed by atoms with Crippen molar-refractivity contribution in [1.29, 1.82) is 0 Å². The number of nitrogens with zero attached hydrogens (tertiary/aromatic N) is 4. The standard InChI is InChI=1S/C65H98N4O12/c1-39-16-12-11-13-17-40(2)55(77-8)33-52-24-19-45(7)65(76,81-52)61(73)62(74)68-25-15-14-18-53(68)63(75)80-56(34-54(70)41(3)27-44(6)59(72)60(79-10)58(71)43(5)26-39)42(4)28-46-20-21-50(57(32-46)78-9)22-23-51-38-69(67-66-51)64-35-47-29-48(36-64)31-49(30-47)37-64/h11-13,16-17,27,38-39,41-43,45-50,52-53,55-57,59-60,72,76H,14-15,18-26,28-37H2,1-10H3/b13-11+,16-12+,40-17+,44-27+/t39-,41-,42-,43-,45-,46+,47?,48?,49?,50+,52+,53+,55+,56+,57-,59-,60+,64?,65-/m1/s1. The molecule has 81 heavy (non-hydrogen) atoms. The second-order valence-corrected chi connectivity index (χ2v) is 26.6. The molecule has 0 unspecified atom stereocenters. The number of allylic oxidation sites excluding steroid dienone is 6. The van der Waals surface area contributed by atoms with Crippen molar-refractivity contribution in [3.05, 3.63) is 59.5 Å². The van der Waals surface area contributed by atoms with Gasteiger partial charge in [-0.15, -0.1) is 5.10 Å². The first kappa shape index (κ1) is 62.8. The van der Waals surface area contributed by atoms with Crippen molar-refractivity contribution in [2.45, 2.75) is 231 Å². The van der Waals surface area contributed by atoms with Crippen LogP contribution in [0.5, 0.6) is 0 Å². The number of ether oxygens (including phenoxy) is 5. The maximum atomic E-state index is 14.7. The Kier molecular flexibility index (Phi) is 21.5. The van der Waals surface area contributed by atoms with Crippen LogP contribution in [-0.4, -0.2) is 136 Å². The van der Waals surface area contributed by atoms with E-state index in [0.29, 0.717) is 56.4 Å². The van der Waals surface area contributed by atoms with Gasteiger partial charge in [0.05, 0.1) is 29.5 Å². The molecule has 0 radical (unpaired) electrons. The van der Waals surface area contributed by atoms with Crippen molar-refractivity contribution in [3.8, 4) is 0 Å². The molecular formula is C65H98N4O12. The van der Waals surface area contributed by atoms with Gasteiger partial charge in [-0.2, -0.15) is 0 Å². The Hall–Kier alpha value is -4.19. The van der Waals surface area contributed by atoms with Gasteiger partial charge in [0, 0.05) is 64.7 Å². The second-order valence-electron chi connectivity index (χ2n) is 26.6. The zero-order chi connectivity index (χ0) is 58.3. The van der Waals surface area contributed by atoms with Gasteiger partial charge >= 0.3 is 5.97 Å². The number of aliphatic hydroxyl groups excluding tert-OH is 1. The third-order valence-electron chi connectivity index (χ3n) is 20.5. The van der Waals surface area contributed by atoms with E-state index >= 15 is 0 Å². The van der Waals surface area contributed by atoms with Crippen molar-refractivity contribution in [2.24, 2.45) is 59.2 Å². The van der Waals surface area contributed by atoms with Crippen molar-refractivity contribution in [2.75, 3.05) is 27.9 Å². The number of piperidine rings is 1. The molecule has 16 nitrogen and oxygen atoms in total. The predicted octanol–water partition coefficient (Wildman–Crippen LogP) is 9.59. The van der Waals surface area contributed by atoms with Crippen molar-refractivity contribution in [3.63, 3.8) is 0 Å². The lowest BCUT2D eigenvalue weighted by Crippen LogP contribution is -2.61. The van der Waals surface area contributed by atoms with E-state index in [-0.39, 0.29) is 60.3 Å². The van der Waals surface area contributed by atoms with Crippen LogP contribution >= 0.6 is 0 Å². The predicted molar refractivity (Wildman–Crippen MR) is 307 cm³/mol. The first-order valence-corrected chi connectivity index (χ1v) is 31.1. The Morgan fingerprint density at radius 1 is 0.815 bits per heavy atom. The van der Waals surface area contributed by atoms with Crippen LogP contribution in [-0.2, 0) is 59.6 Å². The molecule has 450 valence electrons. The number of rotatable bonds is 10. The largest absolute Gasteiger partial charge is 0.460 e. The SMILES string of the molecule is CO[C@H]1C[C@@H]2CC[C@@H](C)[C@@](O)(O2)C(=O)C(=O)N2CCCC[C@H]2C(=O)O[C@H]([C@H](C)C[C@@H]2CC[C@@H](CCc3cn(C45CC6CC(CC(C6)C4)C5)nn3)[C@H](OC)C2)CC(=O)[C@H](C)/C=C(\C)[C@@H](O)[C@@H](OC)C(=O)[C@H](C)C[C@H](C)/C=C/C=C/C=C/1C. The Bertz CT molecular complexity index is 2450. The molecule has 8 aliphatic rings. The number of carbonyl (C=O) groups excluding carboxylic acids is 5. The molecule has 1 aromatic rings. The van der Waals surface area contributed by atoms with Gasteiger partial charge < -0.3 is 38.8 Å². The van der Waals surface area contributed by atoms with E-state index in [4.69, 9.17) is 34.0 Å². The molecule has 5 saturated carbocycles. The van der Waals surface area contributed by atoms with Gasteiger partial charge in [0.15, 0.2) is 5.78 Å². The van der Waals surface area contributed by atoms with Crippen molar-refractivity contribution >= 4 is 29.2 Å². The van der Waals surface area contributed by atoms with Gasteiger partial charge in [-0.25, -0.2) is 9.48 Å². The maximum absolute atomic E-state index is 14.7. The molecule has 0 spiro atoms. The van der Waals surface area contributed by atoms with Crippen molar-refractivity contribution in [1.82, 2.24) is 19.9 Å². The van der Waals surface area contributed by atoms with Crippen molar-refractivity contribution < 1.29 is 57.9 Å². The Labute approximate surface area is 482 Å². The number of carbonyl (C=O) groups is 5. The van der Waals surface area contributed by atoms with Crippen LogP contribution in [0.25, 0.3) is 0 Å². The molecule has 16 heteroatoms. The lowest BCUT2D eigenvalue weighted by molar-refractivity contribution is -0.265. The number of aromatic nitrogens is 3. The molecule has 0 aromatic carbocycles. The fourth-order valence-electron chi connectivity index (χ4n) is 15.9. The molecule has 1 aromatic heterocycles. The summed E-state index contributed by atoms with van der Waals surface area (Å²) >= 11 is 0. The summed E-state index contributed by atoms with van der Waals surface area (Å²) in [6.45, 7) is 13.0. The fraction of sp³-hybridized carbons (Fsp3) is 0.769. The van der Waals surface area contributed by atoms with Crippen LogP contribution in [0, 0.1) is 59.2 Å². The minimum absolute atomic E-state index is 0.0118. The molecule has 2 saturated heterocycles. The monoisotopic (exact) mass is 1130 g/mol. The van der Waals surface area contributed by atoms with E-state index in [1.54, 1.807) is 41.1 Å². The summed E-state index contributed by atoms with van der Waals surface area (Å²) in [5.74, 6) is -4.88. The molecule has 9 rings (SSSR count). The summed E-state index contributed by atoms with van der Waals surface area (Å²) in [5.41, 5.74) is 2.48. The summed E-state index contributed by atoms with van der Waals surface area (Å²) in [5, 5.41) is 33.2. The van der Waals surface area contributed by atoms with Gasteiger partial charge in [0.25, 0.3) is 11.7 Å². The molecule has 1 amide bonds. The Morgan fingerprint density at radius 3 is 2.21 bits per heavy atom. The maximum Gasteiger partial charge on any atom is 0.329 e. The van der Waals surface area contributed by atoms with Crippen LogP contribution < -0.4 is 0 Å². The molecule has 2 N–H and O–H groups in total. The van der Waals surface area contributed by atoms with Crippen LogP contribution in [0.2, 0.25) is 0 Å². The number of fused-ring (bicyclic) bond motifs is 3. The lowest BCUT2D eigenvalue weighted by atomic mass is 9.53. The summed E-state index contributed by atoms with van der Waals surface area (Å²) in [6, 6.07) is -1.13. The molecule has 3 aliphatic heterocycles. The van der Waals surface area contributed by atoms with Crippen LogP contribution in [0.4, 0.5) is 0 Å². The van der Waals surface area contributed by atoms with Gasteiger partial charge in [0.1, 0.15) is 30.1 Å². The minimum atomic E-state index is -2.43. The zero-order valence-corrected chi connectivity index (χ0v) is 50.5. The number of ketones is 3. The van der Waals surface area contributed by atoms with E-state index in [9.17, 15) is 34.2 Å². The number of Topliss-reactive ketones (excluding diaryl/α,β-unsaturated/α-hetero) is 3. The first-order chi connectivity index (χ1) is 38.6. The average molecular weight is 1130 g/mol. The van der Waals surface area contributed by atoms with Crippen LogP contribution in [0.15, 0.2) is 53.8 Å². The number of aryl methyl sites for hydroxylation is 1. The number of amides is 1. The average Bonchev–Trinajstić information content (AvgIpc) is 4.11. The molecular weight excluding hydrogens is 1030 g/mol. The summed E-state index contributed by atoms with van der Waals surface area (Å²) in [6.07, 6.45) is 25.1. The second kappa shape index (κ2) is 27.7. The fourth-order valence-corrected chi connectivity index (χ4v) is 15.9. The smallest absolute Gasteiger partial charge is 0.329 e. The van der Waals surface area contributed by atoms with E-state index in [0.717, 1.165) is 61.1 Å². The van der Waals surface area contributed by atoms with E-state index < -0.39 is 77.8 Å². The number of methoxy groups -OCH3 is 3. The highest BCUT2D eigenvalue weighted by molar-refractivity contribution is 6.39. The molecule has 6 bridgehead atoms. The number of aliphatic hydroxyl groups is 2. The lowest BCUT2D eigenvalue weighted by Gasteiger charge is -2.56. The number of esters is 1. The van der Waals surface area contributed by atoms with Gasteiger partial charge in [-0.1, -0.05) is 76.3 Å². The third kappa shape index (κ3) is 14.8. The Balaban J connectivity index is 0.998. The minimum Gasteiger partial charge on any atom is -0.460 e. The van der Waals surface area contributed by atoms with Gasteiger partial charge in [-0.3, -0.25) is 19.2 Å². The highest BCUT2D eigenvalue weighted by Gasteiger charge is 2.54. The summed E-state index contributed by atoms with van der Waals surface area (Å²) in [4.78, 5) is 73.2. The van der Waals surface area contributed by atoms with Crippen LogP contribution in [0.1, 0.15) is 176 Å². The molecule has 5 aliphatic carbocycles. The van der Waals surface area contributed by atoms with Gasteiger partial charge in [-0.05, 0) is 182 Å². The Morgan fingerprint density at radius 2 is 1.53 bits per heavy atom. The van der Waals surface area contributed by atoms with Gasteiger partial charge in [0.2, 0.25) is 5.79 Å². The third-order valence-corrected chi connectivity index (χ3v) is 20.5. The van der Waals surface area contributed by atoms with E-state index in [1.165, 1.54) is 50.5 Å². The zero-order valence-electron chi connectivity index (χ0n) is 50.5. The molecule has 4 heterocycles. The topological polar surface area (TPSA) is 206 Å². The summed E-state index contributed by atoms with van der Waals surface area (Å²) < 4.78 is 32.7. The number of hydrogen-bond donors (Lipinski definition) is 2. The van der Waals surface area contributed by atoms with E-state index in [2.05, 4.69) is 10.9 Å².